The SMILES string of the molecule is CC(=O)c1ccc(S(=O)(=O)NCCCCOC(C)C)cc1. The van der Waals surface area contributed by atoms with Gasteiger partial charge in [-0.05, 0) is 45.7 Å². The van der Waals surface area contributed by atoms with Gasteiger partial charge in [-0.3, -0.25) is 4.79 Å². The first-order valence-corrected chi connectivity index (χ1v) is 8.53. The molecule has 0 radical (unpaired) electrons. The van der Waals surface area contributed by atoms with E-state index < -0.39 is 10.0 Å². The van der Waals surface area contributed by atoms with Crippen LogP contribution in [-0.4, -0.2) is 33.5 Å². The molecule has 21 heavy (non-hydrogen) atoms. The second kappa shape index (κ2) is 8.26. The van der Waals surface area contributed by atoms with E-state index in [1.165, 1.54) is 31.2 Å². The molecule has 118 valence electrons. The Balaban J connectivity index is 2.44. The van der Waals surface area contributed by atoms with Gasteiger partial charge >= 0.3 is 0 Å². The van der Waals surface area contributed by atoms with Crippen LogP contribution >= 0.6 is 0 Å². The van der Waals surface area contributed by atoms with Crippen molar-refractivity contribution in [3.8, 4) is 0 Å². The minimum atomic E-state index is -3.51. The highest BCUT2D eigenvalue weighted by atomic mass is 32.2. The van der Waals surface area contributed by atoms with Crippen molar-refractivity contribution in [3.63, 3.8) is 0 Å². The van der Waals surface area contributed by atoms with E-state index in [2.05, 4.69) is 4.72 Å². The summed E-state index contributed by atoms with van der Waals surface area (Å²) in [5.74, 6) is -0.0861. The standard InChI is InChI=1S/C15H23NO4S/c1-12(2)20-11-5-4-10-16-21(18,19)15-8-6-14(7-9-15)13(3)17/h6-9,12,16H,4-5,10-11H2,1-3H3. The fourth-order valence-corrected chi connectivity index (χ4v) is 2.78. The Morgan fingerprint density at radius 3 is 2.33 bits per heavy atom. The van der Waals surface area contributed by atoms with E-state index in [0.717, 1.165) is 12.8 Å². The van der Waals surface area contributed by atoms with E-state index in [1.807, 2.05) is 13.8 Å². The number of hydrogen-bond acceptors (Lipinski definition) is 4. The highest BCUT2D eigenvalue weighted by Crippen LogP contribution is 2.11. The molecule has 6 heteroatoms. The first kappa shape index (κ1) is 17.8. The predicted octanol–water partition coefficient (Wildman–Crippen LogP) is 2.37. The summed E-state index contributed by atoms with van der Waals surface area (Å²) in [6, 6.07) is 5.93. The molecule has 0 aliphatic carbocycles. The van der Waals surface area contributed by atoms with Crippen LogP contribution in [0.4, 0.5) is 0 Å². The van der Waals surface area contributed by atoms with Crippen LogP contribution < -0.4 is 4.72 Å². The fourth-order valence-electron chi connectivity index (χ4n) is 1.70. The molecule has 0 atom stereocenters. The molecule has 0 bridgehead atoms. The molecule has 0 saturated heterocycles. The molecular weight excluding hydrogens is 290 g/mol. The summed E-state index contributed by atoms with van der Waals surface area (Å²) in [6.07, 6.45) is 1.73. The maximum absolute atomic E-state index is 12.0. The summed E-state index contributed by atoms with van der Waals surface area (Å²) in [6.45, 7) is 6.38. The Bertz CT molecular complexity index is 550. The Morgan fingerprint density at radius 2 is 1.81 bits per heavy atom. The number of rotatable bonds is 9. The topological polar surface area (TPSA) is 72.5 Å². The zero-order valence-corrected chi connectivity index (χ0v) is 13.6. The third-order valence-electron chi connectivity index (χ3n) is 2.89. The monoisotopic (exact) mass is 313 g/mol. The first-order chi connectivity index (χ1) is 9.83. The lowest BCUT2D eigenvalue weighted by molar-refractivity contribution is 0.0762. The van der Waals surface area contributed by atoms with Crippen LogP contribution in [0.2, 0.25) is 0 Å². The number of benzene rings is 1. The number of carbonyl (C=O) groups is 1. The summed E-state index contributed by atoms with van der Waals surface area (Å²) < 4.78 is 32.0. The van der Waals surface area contributed by atoms with Gasteiger partial charge in [0.25, 0.3) is 0 Å². The van der Waals surface area contributed by atoms with Gasteiger partial charge in [0.05, 0.1) is 11.0 Å². The number of sulfonamides is 1. The van der Waals surface area contributed by atoms with Crippen molar-refractivity contribution in [1.29, 1.82) is 0 Å². The molecule has 1 aromatic rings. The molecular formula is C15H23NO4S. The van der Waals surface area contributed by atoms with Crippen LogP contribution in [0.25, 0.3) is 0 Å². The second-order valence-corrected chi connectivity index (χ2v) is 6.87. The molecule has 5 nitrogen and oxygen atoms in total. The largest absolute Gasteiger partial charge is 0.379 e. The predicted molar refractivity (Wildman–Crippen MR) is 82.0 cm³/mol. The summed E-state index contributed by atoms with van der Waals surface area (Å²) in [5.41, 5.74) is 0.500. The number of hydrogen-bond donors (Lipinski definition) is 1. The van der Waals surface area contributed by atoms with Crippen molar-refractivity contribution in [2.24, 2.45) is 0 Å². The summed E-state index contributed by atoms with van der Waals surface area (Å²) >= 11 is 0. The summed E-state index contributed by atoms with van der Waals surface area (Å²) in [4.78, 5) is 11.3. The van der Waals surface area contributed by atoms with Gasteiger partial charge in [0.15, 0.2) is 5.78 Å². The minimum Gasteiger partial charge on any atom is -0.379 e. The summed E-state index contributed by atoms with van der Waals surface area (Å²) in [5, 5.41) is 0. The molecule has 0 spiro atoms. The first-order valence-electron chi connectivity index (χ1n) is 7.05. The number of ketones is 1. The van der Waals surface area contributed by atoms with Crippen LogP contribution in [0, 0.1) is 0 Å². The van der Waals surface area contributed by atoms with Gasteiger partial charge in [0, 0.05) is 18.7 Å². The molecule has 0 aliphatic rings. The van der Waals surface area contributed by atoms with Crippen molar-refractivity contribution >= 4 is 15.8 Å². The van der Waals surface area contributed by atoms with E-state index in [1.54, 1.807) is 0 Å². The van der Waals surface area contributed by atoms with E-state index in [-0.39, 0.29) is 16.8 Å². The van der Waals surface area contributed by atoms with Gasteiger partial charge in [0.2, 0.25) is 10.0 Å². The molecule has 0 aliphatic heterocycles. The fraction of sp³-hybridized carbons (Fsp3) is 0.533. The summed E-state index contributed by atoms with van der Waals surface area (Å²) in [7, 11) is -3.51. The number of carbonyl (C=O) groups excluding carboxylic acids is 1. The number of ether oxygens (including phenoxy) is 1. The van der Waals surface area contributed by atoms with Crippen molar-refractivity contribution in [2.75, 3.05) is 13.2 Å². The third-order valence-corrected chi connectivity index (χ3v) is 4.36. The number of Topliss-reactive ketones (excluding diaryl/α,β-unsaturated/α-hetero) is 1. The quantitative estimate of drug-likeness (QED) is 0.561. The van der Waals surface area contributed by atoms with Crippen LogP contribution in [-0.2, 0) is 14.8 Å². The zero-order valence-electron chi connectivity index (χ0n) is 12.8. The molecule has 1 N–H and O–H groups in total. The van der Waals surface area contributed by atoms with Crippen molar-refractivity contribution in [3.05, 3.63) is 29.8 Å². The van der Waals surface area contributed by atoms with Crippen molar-refractivity contribution in [2.45, 2.75) is 44.6 Å². The lowest BCUT2D eigenvalue weighted by Crippen LogP contribution is -2.25. The smallest absolute Gasteiger partial charge is 0.240 e. The average molecular weight is 313 g/mol. The van der Waals surface area contributed by atoms with Crippen molar-refractivity contribution < 1.29 is 17.9 Å². The highest BCUT2D eigenvalue weighted by molar-refractivity contribution is 7.89. The molecule has 0 unspecified atom stereocenters. The average Bonchev–Trinajstić information content (AvgIpc) is 2.42. The maximum Gasteiger partial charge on any atom is 0.240 e. The number of nitrogens with one attached hydrogen (secondary N) is 1. The Hall–Kier alpha value is -1.24. The van der Waals surface area contributed by atoms with E-state index in [9.17, 15) is 13.2 Å². The molecule has 0 aromatic heterocycles. The molecule has 0 heterocycles. The number of unbranched alkanes of at least 4 members (excludes halogenated alkanes) is 1. The molecule has 1 aromatic carbocycles. The Morgan fingerprint density at radius 1 is 1.19 bits per heavy atom. The molecule has 1 rings (SSSR count). The van der Waals surface area contributed by atoms with E-state index >= 15 is 0 Å². The van der Waals surface area contributed by atoms with Gasteiger partial charge in [0.1, 0.15) is 0 Å². The second-order valence-electron chi connectivity index (χ2n) is 5.10. The highest BCUT2D eigenvalue weighted by Gasteiger charge is 2.13. The molecule has 0 amide bonds. The lowest BCUT2D eigenvalue weighted by Gasteiger charge is -2.09. The Kier molecular flexibility index (Phi) is 7.01. The van der Waals surface area contributed by atoms with Crippen LogP contribution in [0.1, 0.15) is 44.0 Å². The van der Waals surface area contributed by atoms with Gasteiger partial charge in [-0.1, -0.05) is 12.1 Å². The lowest BCUT2D eigenvalue weighted by atomic mass is 10.2. The van der Waals surface area contributed by atoms with Crippen molar-refractivity contribution in [1.82, 2.24) is 4.72 Å². The van der Waals surface area contributed by atoms with Gasteiger partial charge in [-0.2, -0.15) is 0 Å². The third kappa shape index (κ3) is 6.37. The zero-order chi connectivity index (χ0) is 15.9. The van der Waals surface area contributed by atoms with Gasteiger partial charge < -0.3 is 4.74 Å². The van der Waals surface area contributed by atoms with E-state index in [0.29, 0.717) is 18.7 Å². The van der Waals surface area contributed by atoms with Crippen LogP contribution in [0.15, 0.2) is 29.2 Å². The van der Waals surface area contributed by atoms with Crippen LogP contribution in [0.5, 0.6) is 0 Å². The van der Waals surface area contributed by atoms with E-state index in [4.69, 9.17) is 4.74 Å². The molecule has 0 fully saturated rings. The Labute approximate surface area is 126 Å². The minimum absolute atomic E-state index is 0.0861. The normalized spacial score (nSPS) is 11.8. The van der Waals surface area contributed by atoms with Gasteiger partial charge in [-0.25, -0.2) is 13.1 Å². The van der Waals surface area contributed by atoms with Crippen LogP contribution in [0.3, 0.4) is 0 Å². The molecule has 0 saturated carbocycles. The maximum atomic E-state index is 12.0. The van der Waals surface area contributed by atoms with Gasteiger partial charge in [-0.15, -0.1) is 0 Å².